The molecule has 1 atom stereocenters. The van der Waals surface area contributed by atoms with Crippen molar-refractivity contribution in [3.05, 3.63) is 57.8 Å². The van der Waals surface area contributed by atoms with Gasteiger partial charge in [0.15, 0.2) is 0 Å². The van der Waals surface area contributed by atoms with Gasteiger partial charge in [0.1, 0.15) is 6.04 Å². The molecule has 0 saturated carbocycles. The van der Waals surface area contributed by atoms with Gasteiger partial charge < -0.3 is 20.3 Å². The van der Waals surface area contributed by atoms with Gasteiger partial charge in [0, 0.05) is 44.0 Å². The van der Waals surface area contributed by atoms with Crippen molar-refractivity contribution in [1.29, 1.82) is 0 Å². The molecule has 1 aromatic carbocycles. The van der Waals surface area contributed by atoms with Crippen molar-refractivity contribution < 1.29 is 19.1 Å². The maximum absolute atomic E-state index is 13.5. The highest BCUT2D eigenvalue weighted by Gasteiger charge is 2.27. The highest BCUT2D eigenvalue weighted by Crippen LogP contribution is 2.16. The third-order valence-corrected chi connectivity index (χ3v) is 6.06. The fourth-order valence-electron chi connectivity index (χ4n) is 3.44. The number of carbonyl (C=O) groups is 3. The highest BCUT2D eigenvalue weighted by atomic mass is 32.1. The highest BCUT2D eigenvalue weighted by molar-refractivity contribution is 7.13. The summed E-state index contributed by atoms with van der Waals surface area (Å²) < 4.78 is 5.50. The summed E-state index contributed by atoms with van der Waals surface area (Å²) in [5, 5.41) is 5.72. The standard InChI is InChI=1S/C23H29N3O4S/c1-17-8-9-20(31-17)22(28)25-19(16-18-6-3-2-4-7-18)23(29)26-12-5-14-30-15-11-24-21(27)10-13-26/h2-4,6-9,19H,5,10-16H2,1H3,(H,24,27)(H,25,28)/t19-/m0/s1. The Bertz CT molecular complexity index is 884. The number of carbonyl (C=O) groups excluding carboxylic acids is 3. The summed E-state index contributed by atoms with van der Waals surface area (Å²) in [6, 6.07) is 12.6. The average molecular weight is 444 g/mol. The zero-order valence-corrected chi connectivity index (χ0v) is 18.6. The van der Waals surface area contributed by atoms with E-state index in [1.165, 1.54) is 11.3 Å². The van der Waals surface area contributed by atoms with Gasteiger partial charge in [-0.25, -0.2) is 0 Å². The fourth-order valence-corrected chi connectivity index (χ4v) is 4.21. The predicted octanol–water partition coefficient (Wildman–Crippen LogP) is 2.15. The second-order valence-corrected chi connectivity index (χ2v) is 8.81. The summed E-state index contributed by atoms with van der Waals surface area (Å²) in [6.07, 6.45) is 1.28. The fraction of sp³-hybridized carbons (Fsp3) is 0.435. The summed E-state index contributed by atoms with van der Waals surface area (Å²) in [5.74, 6) is -0.551. The first-order valence-corrected chi connectivity index (χ1v) is 11.4. The molecule has 1 saturated heterocycles. The summed E-state index contributed by atoms with van der Waals surface area (Å²) in [6.45, 7) is 4.18. The number of benzene rings is 1. The van der Waals surface area contributed by atoms with Crippen molar-refractivity contribution >= 4 is 29.1 Å². The molecule has 7 nitrogen and oxygen atoms in total. The van der Waals surface area contributed by atoms with Gasteiger partial charge in [-0.1, -0.05) is 30.3 Å². The van der Waals surface area contributed by atoms with Gasteiger partial charge in [-0.2, -0.15) is 0 Å². The first-order chi connectivity index (χ1) is 15.0. The van der Waals surface area contributed by atoms with Crippen molar-refractivity contribution in [2.24, 2.45) is 0 Å². The van der Waals surface area contributed by atoms with E-state index in [0.717, 1.165) is 10.4 Å². The number of hydrogen-bond donors (Lipinski definition) is 2. The Hall–Kier alpha value is -2.71. The smallest absolute Gasteiger partial charge is 0.262 e. The predicted molar refractivity (Wildman–Crippen MR) is 120 cm³/mol. The lowest BCUT2D eigenvalue weighted by Gasteiger charge is -2.28. The molecule has 0 aliphatic carbocycles. The monoisotopic (exact) mass is 443 g/mol. The van der Waals surface area contributed by atoms with Crippen LogP contribution in [0.25, 0.3) is 0 Å². The molecular formula is C23H29N3O4S. The molecule has 2 heterocycles. The van der Waals surface area contributed by atoms with Crippen LogP contribution in [0.1, 0.15) is 33.0 Å². The van der Waals surface area contributed by atoms with Crippen molar-refractivity contribution in [1.82, 2.24) is 15.5 Å². The summed E-state index contributed by atoms with van der Waals surface area (Å²) in [7, 11) is 0. The number of nitrogens with zero attached hydrogens (tertiary/aromatic N) is 1. The second-order valence-electron chi connectivity index (χ2n) is 7.52. The van der Waals surface area contributed by atoms with Crippen LogP contribution in [0.2, 0.25) is 0 Å². The Morgan fingerprint density at radius 1 is 1.16 bits per heavy atom. The first-order valence-electron chi connectivity index (χ1n) is 10.6. The van der Waals surface area contributed by atoms with E-state index in [-0.39, 0.29) is 24.1 Å². The molecule has 0 bridgehead atoms. The maximum Gasteiger partial charge on any atom is 0.262 e. The molecule has 8 heteroatoms. The van der Waals surface area contributed by atoms with E-state index in [9.17, 15) is 14.4 Å². The Balaban J connectivity index is 1.76. The number of nitrogens with one attached hydrogen (secondary N) is 2. The lowest BCUT2D eigenvalue weighted by Crippen LogP contribution is -2.50. The van der Waals surface area contributed by atoms with Crippen LogP contribution < -0.4 is 10.6 Å². The Morgan fingerprint density at radius 2 is 1.97 bits per heavy atom. The molecule has 0 radical (unpaired) electrons. The quantitative estimate of drug-likeness (QED) is 0.741. The molecule has 0 unspecified atom stereocenters. The summed E-state index contributed by atoms with van der Waals surface area (Å²) in [4.78, 5) is 41.6. The Kier molecular flexibility index (Phi) is 8.61. The van der Waals surface area contributed by atoms with Crippen molar-refractivity contribution in [3.63, 3.8) is 0 Å². The minimum absolute atomic E-state index is 0.110. The SMILES string of the molecule is Cc1ccc(C(=O)N[C@@H](Cc2ccccc2)C(=O)N2CCCOCCNC(=O)CC2)s1. The molecule has 1 aliphatic rings. The number of amides is 3. The van der Waals surface area contributed by atoms with E-state index in [0.29, 0.717) is 50.6 Å². The van der Waals surface area contributed by atoms with Crippen LogP contribution in [0.5, 0.6) is 0 Å². The number of aryl methyl sites for hydroxylation is 1. The summed E-state index contributed by atoms with van der Waals surface area (Å²) in [5.41, 5.74) is 0.961. The number of ether oxygens (including phenoxy) is 1. The topological polar surface area (TPSA) is 87.7 Å². The van der Waals surface area contributed by atoms with Gasteiger partial charge in [-0.05, 0) is 31.0 Å². The van der Waals surface area contributed by atoms with Crippen molar-refractivity contribution in [2.75, 3.05) is 32.8 Å². The van der Waals surface area contributed by atoms with Crippen LogP contribution in [0.4, 0.5) is 0 Å². The van der Waals surface area contributed by atoms with E-state index in [1.807, 2.05) is 43.3 Å². The molecule has 3 rings (SSSR count). The van der Waals surface area contributed by atoms with Crippen molar-refractivity contribution in [2.45, 2.75) is 32.2 Å². The minimum atomic E-state index is -0.716. The van der Waals surface area contributed by atoms with E-state index >= 15 is 0 Å². The lowest BCUT2D eigenvalue weighted by molar-refractivity contribution is -0.134. The van der Waals surface area contributed by atoms with Crippen LogP contribution in [0.3, 0.4) is 0 Å². The van der Waals surface area contributed by atoms with Gasteiger partial charge in [0.05, 0.1) is 11.5 Å². The summed E-state index contributed by atoms with van der Waals surface area (Å²) >= 11 is 1.40. The number of thiophene rings is 1. The lowest BCUT2D eigenvalue weighted by atomic mass is 10.0. The van der Waals surface area contributed by atoms with E-state index in [2.05, 4.69) is 10.6 Å². The third kappa shape index (κ3) is 7.18. The van der Waals surface area contributed by atoms with Crippen LogP contribution in [0.15, 0.2) is 42.5 Å². The van der Waals surface area contributed by atoms with Crippen LogP contribution in [-0.4, -0.2) is 61.5 Å². The molecule has 1 aliphatic heterocycles. The minimum Gasteiger partial charge on any atom is -0.380 e. The molecule has 0 spiro atoms. The molecule has 3 amide bonds. The molecular weight excluding hydrogens is 414 g/mol. The number of rotatable bonds is 5. The Labute approximate surface area is 186 Å². The van der Waals surface area contributed by atoms with Gasteiger partial charge in [-0.15, -0.1) is 11.3 Å². The van der Waals surface area contributed by atoms with E-state index < -0.39 is 6.04 Å². The second kappa shape index (κ2) is 11.6. The van der Waals surface area contributed by atoms with Gasteiger partial charge in [0.2, 0.25) is 11.8 Å². The van der Waals surface area contributed by atoms with Gasteiger partial charge in [-0.3, -0.25) is 14.4 Å². The Morgan fingerprint density at radius 3 is 2.71 bits per heavy atom. The normalized spacial score (nSPS) is 16.7. The van der Waals surface area contributed by atoms with Crippen molar-refractivity contribution in [3.8, 4) is 0 Å². The third-order valence-electron chi connectivity index (χ3n) is 5.06. The molecule has 2 N–H and O–H groups in total. The van der Waals surface area contributed by atoms with Crippen LogP contribution in [0, 0.1) is 6.92 Å². The molecule has 1 aromatic heterocycles. The first kappa shape index (κ1) is 23.0. The van der Waals surface area contributed by atoms with E-state index in [1.54, 1.807) is 11.0 Å². The zero-order valence-electron chi connectivity index (χ0n) is 17.8. The van der Waals surface area contributed by atoms with Crippen LogP contribution in [-0.2, 0) is 20.7 Å². The molecule has 2 aromatic rings. The van der Waals surface area contributed by atoms with Gasteiger partial charge >= 0.3 is 0 Å². The largest absolute Gasteiger partial charge is 0.380 e. The maximum atomic E-state index is 13.5. The van der Waals surface area contributed by atoms with Gasteiger partial charge in [0.25, 0.3) is 5.91 Å². The molecule has 31 heavy (non-hydrogen) atoms. The molecule has 1 fully saturated rings. The van der Waals surface area contributed by atoms with E-state index in [4.69, 9.17) is 4.74 Å². The number of hydrogen-bond acceptors (Lipinski definition) is 5. The van der Waals surface area contributed by atoms with Crippen LogP contribution >= 0.6 is 11.3 Å². The molecule has 166 valence electrons. The average Bonchev–Trinajstić information content (AvgIpc) is 3.19. The zero-order chi connectivity index (χ0) is 22.1.